The number of aryl methyl sites for hydroxylation is 1. The van der Waals surface area contributed by atoms with Crippen molar-refractivity contribution in [3.8, 4) is 22.6 Å². The summed E-state index contributed by atoms with van der Waals surface area (Å²) in [5.74, 6) is -4.33. The highest BCUT2D eigenvalue weighted by atomic mass is 19.2. The Bertz CT molecular complexity index is 1470. The van der Waals surface area contributed by atoms with E-state index in [1.165, 1.54) is 18.2 Å². The SMILES string of the molecule is Cc1cc(-c2c([C@H]3CCCOC3)n(-c3ccc(F)c(F)c3)c3cc(F)cc(O)c23)ccc1C(=O)O. The maximum atomic E-state index is 14.5. The van der Waals surface area contributed by atoms with Gasteiger partial charge in [0.05, 0.1) is 23.1 Å². The van der Waals surface area contributed by atoms with Crippen LogP contribution in [0.4, 0.5) is 13.2 Å². The Labute approximate surface area is 199 Å². The second kappa shape index (κ2) is 8.78. The van der Waals surface area contributed by atoms with Crippen molar-refractivity contribution in [3.05, 3.63) is 82.8 Å². The molecule has 1 aromatic heterocycles. The number of carboxylic acid groups (broad SMARTS) is 1. The van der Waals surface area contributed by atoms with E-state index in [-0.39, 0.29) is 28.4 Å². The number of ether oxygens (including phenoxy) is 1. The van der Waals surface area contributed by atoms with E-state index in [1.54, 1.807) is 23.6 Å². The van der Waals surface area contributed by atoms with Crippen LogP contribution in [0.1, 0.15) is 40.4 Å². The Morgan fingerprint density at radius 1 is 1.06 bits per heavy atom. The van der Waals surface area contributed by atoms with Crippen LogP contribution in [0.3, 0.4) is 0 Å². The minimum Gasteiger partial charge on any atom is -0.507 e. The summed E-state index contributed by atoms with van der Waals surface area (Å²) in [6, 6.07) is 10.5. The lowest BCUT2D eigenvalue weighted by atomic mass is 9.90. The van der Waals surface area contributed by atoms with E-state index in [4.69, 9.17) is 4.74 Å². The summed E-state index contributed by atoms with van der Waals surface area (Å²) >= 11 is 0. The Morgan fingerprint density at radius 3 is 2.51 bits per heavy atom. The summed E-state index contributed by atoms with van der Waals surface area (Å²) < 4.78 is 50.0. The van der Waals surface area contributed by atoms with Crippen molar-refractivity contribution in [2.24, 2.45) is 0 Å². The van der Waals surface area contributed by atoms with Crippen molar-refractivity contribution in [2.75, 3.05) is 13.2 Å². The van der Waals surface area contributed by atoms with Crippen molar-refractivity contribution < 1.29 is 32.9 Å². The van der Waals surface area contributed by atoms with Gasteiger partial charge in [0.2, 0.25) is 0 Å². The lowest BCUT2D eigenvalue weighted by molar-refractivity contribution is 0.0696. The number of hydrogen-bond acceptors (Lipinski definition) is 3. The predicted octanol–water partition coefficient (Wildman–Crippen LogP) is 6.32. The second-order valence-electron chi connectivity index (χ2n) is 8.76. The average molecular weight is 481 g/mol. The molecule has 1 fully saturated rings. The third kappa shape index (κ3) is 3.93. The molecular formula is C27H22F3NO4. The summed E-state index contributed by atoms with van der Waals surface area (Å²) in [5.41, 5.74) is 3.02. The molecule has 1 atom stereocenters. The van der Waals surface area contributed by atoms with Gasteiger partial charge >= 0.3 is 5.97 Å². The van der Waals surface area contributed by atoms with Gasteiger partial charge in [-0.15, -0.1) is 0 Å². The fourth-order valence-corrected chi connectivity index (χ4v) is 4.98. The smallest absolute Gasteiger partial charge is 0.335 e. The third-order valence-corrected chi connectivity index (χ3v) is 6.50. The van der Waals surface area contributed by atoms with Crippen LogP contribution in [0.15, 0.2) is 48.5 Å². The normalized spacial score (nSPS) is 16.1. The molecule has 5 nitrogen and oxygen atoms in total. The van der Waals surface area contributed by atoms with Gasteiger partial charge < -0.3 is 19.5 Å². The van der Waals surface area contributed by atoms with E-state index in [0.29, 0.717) is 41.0 Å². The first-order chi connectivity index (χ1) is 16.8. The number of carboxylic acids is 1. The summed E-state index contributed by atoms with van der Waals surface area (Å²) in [6.07, 6.45) is 1.49. The van der Waals surface area contributed by atoms with Gasteiger partial charge in [0, 0.05) is 41.6 Å². The fraction of sp³-hybridized carbons (Fsp3) is 0.222. The molecule has 3 aromatic carbocycles. The van der Waals surface area contributed by atoms with Gasteiger partial charge in [0.1, 0.15) is 11.6 Å². The highest BCUT2D eigenvalue weighted by Crippen LogP contribution is 2.46. The van der Waals surface area contributed by atoms with Crippen LogP contribution in [0.2, 0.25) is 0 Å². The number of rotatable bonds is 4. The van der Waals surface area contributed by atoms with E-state index in [2.05, 4.69) is 0 Å². The highest BCUT2D eigenvalue weighted by molar-refractivity contribution is 6.04. The molecule has 2 N–H and O–H groups in total. The maximum Gasteiger partial charge on any atom is 0.335 e. The number of phenols is 1. The van der Waals surface area contributed by atoms with Gasteiger partial charge in [-0.25, -0.2) is 18.0 Å². The summed E-state index contributed by atoms with van der Waals surface area (Å²) in [4.78, 5) is 11.6. The molecule has 180 valence electrons. The number of halogens is 3. The third-order valence-electron chi connectivity index (χ3n) is 6.50. The average Bonchev–Trinajstić information content (AvgIpc) is 3.16. The molecule has 1 aliphatic rings. The molecule has 1 aliphatic heterocycles. The largest absolute Gasteiger partial charge is 0.507 e. The van der Waals surface area contributed by atoms with Gasteiger partial charge in [0.25, 0.3) is 0 Å². The van der Waals surface area contributed by atoms with Crippen LogP contribution >= 0.6 is 0 Å². The zero-order chi connectivity index (χ0) is 24.9. The lowest BCUT2D eigenvalue weighted by Gasteiger charge is -2.26. The van der Waals surface area contributed by atoms with E-state index in [0.717, 1.165) is 31.0 Å². The zero-order valence-electron chi connectivity index (χ0n) is 18.8. The van der Waals surface area contributed by atoms with Gasteiger partial charge in [-0.3, -0.25) is 0 Å². The topological polar surface area (TPSA) is 71.7 Å². The van der Waals surface area contributed by atoms with E-state index in [9.17, 15) is 28.2 Å². The molecule has 2 heterocycles. The van der Waals surface area contributed by atoms with E-state index >= 15 is 0 Å². The lowest BCUT2D eigenvalue weighted by Crippen LogP contribution is -2.19. The predicted molar refractivity (Wildman–Crippen MR) is 125 cm³/mol. The Morgan fingerprint density at radius 2 is 1.86 bits per heavy atom. The summed E-state index contributed by atoms with van der Waals surface area (Å²) in [6.45, 7) is 2.61. The van der Waals surface area contributed by atoms with Crippen LogP contribution in [0.5, 0.6) is 5.75 Å². The molecule has 1 saturated heterocycles. The molecule has 0 radical (unpaired) electrons. The van der Waals surface area contributed by atoms with Crippen molar-refractivity contribution in [2.45, 2.75) is 25.7 Å². The Hall–Kier alpha value is -3.78. The van der Waals surface area contributed by atoms with Gasteiger partial charge in [-0.1, -0.05) is 12.1 Å². The molecule has 5 rings (SSSR count). The minimum absolute atomic E-state index is 0.135. The number of carbonyl (C=O) groups is 1. The summed E-state index contributed by atoms with van der Waals surface area (Å²) in [5, 5.41) is 20.7. The zero-order valence-corrected chi connectivity index (χ0v) is 18.8. The number of aromatic nitrogens is 1. The molecule has 0 spiro atoms. The number of phenolic OH excluding ortho intramolecular Hbond substituents is 1. The van der Waals surface area contributed by atoms with Crippen LogP contribution in [-0.4, -0.2) is 34.0 Å². The number of aromatic hydroxyl groups is 1. The number of benzene rings is 3. The van der Waals surface area contributed by atoms with Crippen molar-refractivity contribution >= 4 is 16.9 Å². The maximum absolute atomic E-state index is 14.5. The van der Waals surface area contributed by atoms with Crippen LogP contribution in [0, 0.1) is 24.4 Å². The monoisotopic (exact) mass is 481 g/mol. The van der Waals surface area contributed by atoms with Crippen LogP contribution < -0.4 is 0 Å². The first-order valence-electron chi connectivity index (χ1n) is 11.2. The Kier molecular flexibility index (Phi) is 5.76. The van der Waals surface area contributed by atoms with Gasteiger partial charge in [-0.2, -0.15) is 0 Å². The molecule has 0 saturated carbocycles. The van der Waals surface area contributed by atoms with Crippen molar-refractivity contribution in [3.63, 3.8) is 0 Å². The second-order valence-corrected chi connectivity index (χ2v) is 8.76. The molecule has 0 aliphatic carbocycles. The molecule has 0 bridgehead atoms. The first-order valence-corrected chi connectivity index (χ1v) is 11.2. The number of nitrogens with zero attached hydrogens (tertiary/aromatic N) is 1. The number of fused-ring (bicyclic) bond motifs is 1. The van der Waals surface area contributed by atoms with E-state index < -0.39 is 23.4 Å². The fourth-order valence-electron chi connectivity index (χ4n) is 4.98. The molecule has 35 heavy (non-hydrogen) atoms. The van der Waals surface area contributed by atoms with Crippen LogP contribution in [0.25, 0.3) is 27.7 Å². The Balaban J connectivity index is 1.91. The molecule has 8 heteroatoms. The first kappa shape index (κ1) is 23.0. The van der Waals surface area contributed by atoms with Gasteiger partial charge in [0.15, 0.2) is 11.6 Å². The molecule has 4 aromatic rings. The minimum atomic E-state index is -1.07. The quantitative estimate of drug-likeness (QED) is 0.358. The van der Waals surface area contributed by atoms with Crippen molar-refractivity contribution in [1.82, 2.24) is 4.57 Å². The van der Waals surface area contributed by atoms with Gasteiger partial charge in [-0.05, 0) is 55.2 Å². The number of aromatic carboxylic acids is 1. The molecule has 0 unspecified atom stereocenters. The highest BCUT2D eigenvalue weighted by Gasteiger charge is 2.30. The number of hydrogen-bond donors (Lipinski definition) is 2. The van der Waals surface area contributed by atoms with E-state index in [1.807, 2.05) is 0 Å². The summed E-state index contributed by atoms with van der Waals surface area (Å²) in [7, 11) is 0. The molecular weight excluding hydrogens is 459 g/mol. The standard InChI is InChI=1S/C27H22F3NO4/c1-14-9-15(4-6-19(14)27(33)34)24-25-22(10-17(28)11-23(25)32)31(18-5-7-20(29)21(30)12-18)26(24)16-3-2-8-35-13-16/h4-7,9-12,16,32H,2-3,8,13H2,1H3,(H,33,34)/t16-/m0/s1. The van der Waals surface area contributed by atoms with Crippen molar-refractivity contribution in [1.29, 1.82) is 0 Å². The van der Waals surface area contributed by atoms with Crippen LogP contribution in [-0.2, 0) is 4.74 Å². The molecule has 0 amide bonds.